The Balaban J connectivity index is 1.57. The number of amides is 1. The number of likely N-dealkylation sites (tertiary alicyclic amines) is 1. The molecule has 1 heterocycles. The van der Waals surface area contributed by atoms with Crippen LogP contribution < -0.4 is 4.72 Å². The van der Waals surface area contributed by atoms with Crippen LogP contribution in [0.5, 0.6) is 0 Å². The molecule has 0 radical (unpaired) electrons. The summed E-state index contributed by atoms with van der Waals surface area (Å²) < 4.78 is 40.1. The lowest BCUT2D eigenvalue weighted by molar-refractivity contribution is -0.128. The molecule has 2 aromatic carbocycles. The van der Waals surface area contributed by atoms with E-state index in [1.165, 1.54) is 36.4 Å². The first-order valence-corrected chi connectivity index (χ1v) is 9.97. The second-order valence-corrected chi connectivity index (χ2v) is 8.48. The van der Waals surface area contributed by atoms with E-state index in [1.54, 1.807) is 17.0 Å². The lowest BCUT2D eigenvalue weighted by Crippen LogP contribution is -2.31. The zero-order valence-corrected chi connectivity index (χ0v) is 15.4. The Labute approximate surface area is 156 Å². The Morgan fingerprint density at radius 2 is 1.77 bits per heavy atom. The molecule has 3 rings (SSSR count). The number of rotatable bonds is 6. The van der Waals surface area contributed by atoms with Gasteiger partial charge in [0.15, 0.2) is 0 Å². The predicted molar refractivity (Wildman–Crippen MR) is 96.6 cm³/mol. The molecule has 1 unspecified atom stereocenters. The number of carbonyl (C=O) groups is 1. The summed E-state index contributed by atoms with van der Waals surface area (Å²) in [6, 6.07) is 11.9. The highest BCUT2D eigenvalue weighted by Gasteiger charge is 2.30. The van der Waals surface area contributed by atoms with Crippen LogP contribution >= 0.6 is 11.6 Å². The molecule has 1 atom stereocenters. The van der Waals surface area contributed by atoms with E-state index in [-0.39, 0.29) is 35.5 Å². The van der Waals surface area contributed by atoms with Crippen molar-refractivity contribution in [3.05, 3.63) is 64.9 Å². The van der Waals surface area contributed by atoms with Gasteiger partial charge in [0, 0.05) is 31.1 Å². The summed E-state index contributed by atoms with van der Waals surface area (Å²) >= 11 is 5.77. The molecule has 26 heavy (non-hydrogen) atoms. The number of hydrogen-bond acceptors (Lipinski definition) is 3. The van der Waals surface area contributed by atoms with Crippen molar-refractivity contribution in [3.63, 3.8) is 0 Å². The van der Waals surface area contributed by atoms with E-state index >= 15 is 0 Å². The van der Waals surface area contributed by atoms with Gasteiger partial charge in [0.05, 0.1) is 4.90 Å². The van der Waals surface area contributed by atoms with Gasteiger partial charge in [0.25, 0.3) is 0 Å². The van der Waals surface area contributed by atoms with Crippen molar-refractivity contribution in [2.24, 2.45) is 5.92 Å². The van der Waals surface area contributed by atoms with Crippen LogP contribution in [-0.2, 0) is 21.4 Å². The first-order chi connectivity index (χ1) is 12.3. The molecule has 1 N–H and O–H groups in total. The van der Waals surface area contributed by atoms with Crippen molar-refractivity contribution in [1.29, 1.82) is 0 Å². The third-order valence-electron chi connectivity index (χ3n) is 4.27. The van der Waals surface area contributed by atoms with E-state index in [4.69, 9.17) is 11.6 Å². The maximum absolute atomic E-state index is 13.0. The van der Waals surface area contributed by atoms with Crippen LogP contribution in [0.15, 0.2) is 53.4 Å². The fourth-order valence-corrected chi connectivity index (χ4v) is 4.12. The lowest BCUT2D eigenvalue weighted by atomic mass is 10.1. The second kappa shape index (κ2) is 7.73. The smallest absolute Gasteiger partial charge is 0.240 e. The maximum Gasteiger partial charge on any atom is 0.240 e. The quantitative estimate of drug-likeness (QED) is 0.816. The summed E-state index contributed by atoms with van der Waals surface area (Å²) in [6.45, 7) is 1.02. The Morgan fingerprint density at radius 3 is 2.42 bits per heavy atom. The molecular weight excluding hydrogens is 379 g/mol. The summed E-state index contributed by atoms with van der Waals surface area (Å²) in [5.74, 6) is -0.467. The van der Waals surface area contributed by atoms with Gasteiger partial charge in [-0.3, -0.25) is 4.79 Å². The molecule has 8 heteroatoms. The number of nitrogens with zero attached hydrogens (tertiary/aromatic N) is 1. The second-order valence-electron chi connectivity index (χ2n) is 6.28. The summed E-state index contributed by atoms with van der Waals surface area (Å²) in [5, 5.41) is 0.460. The van der Waals surface area contributed by atoms with E-state index in [0.717, 1.165) is 5.56 Å². The average Bonchev–Trinajstić information content (AvgIpc) is 2.95. The predicted octanol–water partition coefficient (Wildman–Crippen LogP) is 2.81. The third-order valence-corrected chi connectivity index (χ3v) is 5.96. The van der Waals surface area contributed by atoms with E-state index in [9.17, 15) is 17.6 Å². The number of benzene rings is 2. The van der Waals surface area contributed by atoms with Gasteiger partial charge in [-0.2, -0.15) is 0 Å². The van der Waals surface area contributed by atoms with Crippen LogP contribution in [0, 0.1) is 11.7 Å². The molecule has 1 amide bonds. The molecule has 0 aliphatic carbocycles. The molecule has 0 saturated carbocycles. The summed E-state index contributed by atoms with van der Waals surface area (Å²) in [5.41, 5.74) is 0.835. The number of halogens is 2. The van der Waals surface area contributed by atoms with Crippen molar-refractivity contribution in [2.75, 3.05) is 13.1 Å². The molecule has 0 bridgehead atoms. The van der Waals surface area contributed by atoms with Gasteiger partial charge in [0.2, 0.25) is 15.9 Å². The largest absolute Gasteiger partial charge is 0.338 e. The minimum atomic E-state index is -3.64. The number of hydrogen-bond donors (Lipinski definition) is 1. The third kappa shape index (κ3) is 4.60. The van der Waals surface area contributed by atoms with E-state index in [2.05, 4.69) is 4.72 Å². The zero-order valence-electron chi connectivity index (χ0n) is 13.9. The highest BCUT2D eigenvalue weighted by atomic mass is 35.5. The fourth-order valence-electron chi connectivity index (χ4n) is 2.88. The molecule has 0 spiro atoms. The highest BCUT2D eigenvalue weighted by molar-refractivity contribution is 7.89. The fraction of sp³-hybridized carbons (Fsp3) is 0.278. The van der Waals surface area contributed by atoms with Gasteiger partial charge < -0.3 is 4.90 Å². The van der Waals surface area contributed by atoms with Gasteiger partial charge >= 0.3 is 0 Å². The maximum atomic E-state index is 13.0. The van der Waals surface area contributed by atoms with Crippen LogP contribution in [-0.4, -0.2) is 32.3 Å². The van der Waals surface area contributed by atoms with E-state index in [0.29, 0.717) is 18.1 Å². The Bertz CT molecular complexity index is 886. The Hall–Kier alpha value is -1.96. The number of nitrogens with one attached hydrogen (secondary N) is 1. The average molecular weight is 397 g/mol. The molecule has 138 valence electrons. The topological polar surface area (TPSA) is 66.5 Å². The first-order valence-electron chi connectivity index (χ1n) is 8.11. The molecule has 1 aliphatic heterocycles. The molecule has 5 nitrogen and oxygen atoms in total. The normalized spacial score (nSPS) is 17.7. The van der Waals surface area contributed by atoms with Crippen LogP contribution in [0.4, 0.5) is 4.39 Å². The van der Waals surface area contributed by atoms with Crippen molar-refractivity contribution in [2.45, 2.75) is 17.9 Å². The van der Waals surface area contributed by atoms with Crippen molar-refractivity contribution < 1.29 is 17.6 Å². The minimum absolute atomic E-state index is 0.0370. The zero-order chi connectivity index (χ0) is 18.7. The van der Waals surface area contributed by atoms with Gasteiger partial charge in [0.1, 0.15) is 5.82 Å². The summed E-state index contributed by atoms with van der Waals surface area (Å²) in [7, 11) is -3.64. The molecule has 0 aromatic heterocycles. The SMILES string of the molecule is O=C1CC(CNS(=O)(=O)c2ccc(Cl)cc2)CN1Cc1ccc(F)cc1. The van der Waals surface area contributed by atoms with Crippen molar-refractivity contribution in [1.82, 2.24) is 9.62 Å². The van der Waals surface area contributed by atoms with E-state index in [1.807, 2.05) is 0 Å². The molecule has 1 saturated heterocycles. The van der Waals surface area contributed by atoms with Crippen LogP contribution in [0.1, 0.15) is 12.0 Å². The monoisotopic (exact) mass is 396 g/mol. The summed E-state index contributed by atoms with van der Waals surface area (Å²) in [6.07, 6.45) is 0.282. The Morgan fingerprint density at radius 1 is 1.12 bits per heavy atom. The lowest BCUT2D eigenvalue weighted by Gasteiger charge is -2.17. The Kier molecular flexibility index (Phi) is 5.60. The van der Waals surface area contributed by atoms with E-state index < -0.39 is 10.0 Å². The number of sulfonamides is 1. The highest BCUT2D eigenvalue weighted by Crippen LogP contribution is 2.21. The minimum Gasteiger partial charge on any atom is -0.338 e. The van der Waals surface area contributed by atoms with Crippen molar-refractivity contribution >= 4 is 27.5 Å². The van der Waals surface area contributed by atoms with Gasteiger partial charge in [-0.05, 0) is 47.9 Å². The van der Waals surface area contributed by atoms with Crippen molar-refractivity contribution in [3.8, 4) is 0 Å². The van der Waals surface area contributed by atoms with Crippen LogP contribution in [0.25, 0.3) is 0 Å². The van der Waals surface area contributed by atoms with Crippen LogP contribution in [0.2, 0.25) is 5.02 Å². The standard InChI is InChI=1S/C18H18ClFN2O3S/c19-15-3-7-17(8-4-15)26(24,25)21-10-14-9-18(23)22(12-14)11-13-1-5-16(20)6-2-13/h1-8,14,21H,9-12H2. The summed E-state index contributed by atoms with van der Waals surface area (Å²) in [4.78, 5) is 13.9. The molecular formula is C18H18ClFN2O3S. The molecule has 2 aromatic rings. The van der Waals surface area contributed by atoms with Gasteiger partial charge in [-0.1, -0.05) is 23.7 Å². The van der Waals surface area contributed by atoms with Gasteiger partial charge in [-0.15, -0.1) is 0 Å². The number of carbonyl (C=O) groups excluding carboxylic acids is 1. The molecule has 1 fully saturated rings. The van der Waals surface area contributed by atoms with Gasteiger partial charge in [-0.25, -0.2) is 17.5 Å². The van der Waals surface area contributed by atoms with Crippen LogP contribution in [0.3, 0.4) is 0 Å². The molecule has 1 aliphatic rings. The first kappa shape index (κ1) is 18.8.